The molecule has 0 aliphatic carbocycles. The molecule has 0 bridgehead atoms. The van der Waals surface area contributed by atoms with Gasteiger partial charge in [0.1, 0.15) is 18.8 Å². The molecule has 0 aliphatic heterocycles. The number of unbranched alkanes of at least 4 members (excludes halogenated alkanes) is 1. The monoisotopic (exact) mass is 527 g/mol. The summed E-state index contributed by atoms with van der Waals surface area (Å²) in [5.41, 5.74) is 0.994. The van der Waals surface area contributed by atoms with Crippen LogP contribution < -0.4 is 5.32 Å². The van der Waals surface area contributed by atoms with Crippen LogP contribution in [0, 0.1) is 0 Å². The summed E-state index contributed by atoms with van der Waals surface area (Å²) in [5.74, 6) is -0.758. The zero-order chi connectivity index (χ0) is 27.2. The van der Waals surface area contributed by atoms with Crippen molar-refractivity contribution >= 4 is 17.6 Å². The molecule has 0 spiro atoms. The molecule has 0 aliphatic rings. The molecule has 0 radical (unpaired) electrons. The normalized spacial score (nSPS) is 11.4. The van der Waals surface area contributed by atoms with Gasteiger partial charge in [0.25, 0.3) is 0 Å². The van der Waals surface area contributed by atoms with Gasteiger partial charge in [0, 0.05) is 12.2 Å². The van der Waals surface area contributed by atoms with Crippen LogP contribution >= 0.6 is 0 Å². The molecule has 10 nitrogen and oxygen atoms in total. The van der Waals surface area contributed by atoms with E-state index in [2.05, 4.69) is 12.2 Å². The number of carbonyl (C=O) groups excluding carboxylic acids is 2. The maximum atomic E-state index is 12.1. The Balaban J connectivity index is 1.85. The Morgan fingerprint density at radius 1 is 0.730 bits per heavy atom. The van der Waals surface area contributed by atoms with Crippen molar-refractivity contribution in [2.24, 2.45) is 0 Å². The van der Waals surface area contributed by atoms with Crippen molar-refractivity contribution in [2.45, 2.75) is 46.1 Å². The first-order valence-corrected chi connectivity index (χ1v) is 12.9. The quantitative estimate of drug-likeness (QED) is 0.178. The highest BCUT2D eigenvalue weighted by Gasteiger charge is 2.15. The summed E-state index contributed by atoms with van der Waals surface area (Å²) in [6.07, 6.45) is 2.24. The molecule has 0 atom stereocenters. The van der Waals surface area contributed by atoms with Crippen molar-refractivity contribution in [3.8, 4) is 0 Å². The lowest BCUT2D eigenvalue weighted by Gasteiger charge is -2.19. The molecule has 1 aromatic carbocycles. The minimum atomic E-state index is -0.513. The van der Waals surface area contributed by atoms with E-state index < -0.39 is 11.6 Å². The van der Waals surface area contributed by atoms with Crippen LogP contribution in [0.2, 0.25) is 0 Å². The maximum absolute atomic E-state index is 12.1. The minimum Gasteiger partial charge on any atom is -0.460 e. The average Bonchev–Trinajstić information content (AvgIpc) is 2.85. The topological polar surface area (TPSA) is 111 Å². The Labute approximate surface area is 221 Å². The van der Waals surface area contributed by atoms with Gasteiger partial charge in [0.05, 0.1) is 65.0 Å². The molecule has 1 aromatic rings. The van der Waals surface area contributed by atoms with Crippen LogP contribution in [0.25, 0.3) is 0 Å². The highest BCUT2D eigenvalue weighted by molar-refractivity contribution is 5.89. The Morgan fingerprint density at radius 2 is 1.22 bits per heavy atom. The predicted molar refractivity (Wildman–Crippen MR) is 140 cm³/mol. The van der Waals surface area contributed by atoms with E-state index in [0.717, 1.165) is 25.1 Å². The van der Waals surface area contributed by atoms with Gasteiger partial charge in [-0.2, -0.15) is 0 Å². The summed E-state index contributed by atoms with van der Waals surface area (Å²) in [5, 5.41) is 3.31. The second kappa shape index (κ2) is 20.8. The van der Waals surface area contributed by atoms with E-state index in [1.165, 1.54) is 0 Å². The zero-order valence-corrected chi connectivity index (χ0v) is 22.9. The number of benzene rings is 1. The molecule has 0 fully saturated rings. The van der Waals surface area contributed by atoms with E-state index in [4.69, 9.17) is 33.2 Å². The minimum absolute atomic E-state index is 0.0882. The zero-order valence-electron chi connectivity index (χ0n) is 22.9. The Kier molecular flexibility index (Phi) is 18.4. The summed E-state index contributed by atoms with van der Waals surface area (Å²) in [7, 11) is 0. The average molecular weight is 528 g/mol. The van der Waals surface area contributed by atoms with Gasteiger partial charge >= 0.3 is 11.9 Å². The van der Waals surface area contributed by atoms with Crippen molar-refractivity contribution in [1.29, 1.82) is 0 Å². The second-order valence-electron chi connectivity index (χ2n) is 9.08. The number of hydrogen-bond donors (Lipinski definition) is 1. The van der Waals surface area contributed by atoms with Gasteiger partial charge in [-0.3, -0.25) is 0 Å². The summed E-state index contributed by atoms with van der Waals surface area (Å²) < 4.78 is 37.2. The molecule has 1 rings (SSSR count). The van der Waals surface area contributed by atoms with E-state index in [1.54, 1.807) is 12.1 Å². The van der Waals surface area contributed by atoms with Gasteiger partial charge in [-0.05, 0) is 51.5 Å². The standard InChI is InChI=1S/C27H45NO9/c1-5-6-11-28-24-9-7-23(8-10-24)26(30)36-21-20-34-17-16-32-13-12-31-14-15-33-18-19-35-22-25(29)37-27(2,3)4/h7-10,28H,5-6,11-22H2,1-4H3. The number of carbonyl (C=O) groups is 2. The second-order valence-corrected chi connectivity index (χ2v) is 9.08. The van der Waals surface area contributed by atoms with Crippen LogP contribution in [0.3, 0.4) is 0 Å². The fourth-order valence-corrected chi connectivity index (χ4v) is 2.82. The number of nitrogens with one attached hydrogen (secondary N) is 1. The van der Waals surface area contributed by atoms with Crippen molar-refractivity contribution < 1.29 is 42.7 Å². The molecule has 0 heterocycles. The molecular formula is C27H45NO9. The van der Waals surface area contributed by atoms with E-state index >= 15 is 0 Å². The summed E-state index contributed by atoms with van der Waals surface area (Å²) in [6, 6.07) is 7.26. The van der Waals surface area contributed by atoms with Crippen LogP contribution in [0.1, 0.15) is 50.9 Å². The summed E-state index contributed by atoms with van der Waals surface area (Å²) >= 11 is 0. The third-order valence-electron chi connectivity index (χ3n) is 4.57. The Bertz CT molecular complexity index is 720. The van der Waals surface area contributed by atoms with Crippen molar-refractivity contribution in [1.82, 2.24) is 0 Å². The lowest BCUT2D eigenvalue weighted by Crippen LogP contribution is -2.27. The number of anilines is 1. The fourth-order valence-electron chi connectivity index (χ4n) is 2.82. The molecule has 0 saturated heterocycles. The molecule has 1 N–H and O–H groups in total. The summed E-state index contributed by atoms with van der Waals surface area (Å²) in [4.78, 5) is 23.5. The number of hydrogen-bond acceptors (Lipinski definition) is 10. The first-order valence-electron chi connectivity index (χ1n) is 12.9. The fraction of sp³-hybridized carbons (Fsp3) is 0.704. The van der Waals surface area contributed by atoms with Gasteiger partial charge < -0.3 is 38.5 Å². The van der Waals surface area contributed by atoms with E-state index in [-0.39, 0.29) is 19.2 Å². The molecule has 10 heteroatoms. The predicted octanol–water partition coefficient (Wildman–Crippen LogP) is 3.48. The van der Waals surface area contributed by atoms with Crippen LogP contribution in [0.4, 0.5) is 5.69 Å². The number of esters is 2. The number of rotatable bonds is 22. The Hall–Kier alpha value is -2.24. The van der Waals surface area contributed by atoms with E-state index in [1.807, 2.05) is 32.9 Å². The van der Waals surface area contributed by atoms with Gasteiger partial charge in [-0.15, -0.1) is 0 Å². The first-order chi connectivity index (χ1) is 17.8. The number of ether oxygens (including phenoxy) is 7. The van der Waals surface area contributed by atoms with Gasteiger partial charge in [0.15, 0.2) is 0 Å². The van der Waals surface area contributed by atoms with Gasteiger partial charge in [-0.1, -0.05) is 13.3 Å². The SMILES string of the molecule is CCCCNc1ccc(C(=O)OCCOCCOCCOCCOCCOCC(=O)OC(C)(C)C)cc1. The largest absolute Gasteiger partial charge is 0.460 e. The van der Waals surface area contributed by atoms with Crippen LogP contribution in [0.5, 0.6) is 0 Å². The van der Waals surface area contributed by atoms with Crippen LogP contribution in [-0.4, -0.2) is 96.8 Å². The Morgan fingerprint density at radius 3 is 1.70 bits per heavy atom. The molecular weight excluding hydrogens is 482 g/mol. The molecule has 0 aromatic heterocycles. The lowest BCUT2D eigenvalue weighted by molar-refractivity contribution is -0.160. The van der Waals surface area contributed by atoms with Crippen molar-refractivity contribution in [3.05, 3.63) is 29.8 Å². The van der Waals surface area contributed by atoms with E-state index in [0.29, 0.717) is 65.0 Å². The maximum Gasteiger partial charge on any atom is 0.338 e. The summed E-state index contributed by atoms with van der Waals surface area (Å²) in [6.45, 7) is 12.2. The van der Waals surface area contributed by atoms with Crippen molar-refractivity contribution in [2.75, 3.05) is 84.5 Å². The third-order valence-corrected chi connectivity index (χ3v) is 4.57. The van der Waals surface area contributed by atoms with Gasteiger partial charge in [-0.25, -0.2) is 9.59 Å². The lowest BCUT2D eigenvalue weighted by atomic mass is 10.2. The first kappa shape index (κ1) is 32.8. The van der Waals surface area contributed by atoms with E-state index in [9.17, 15) is 9.59 Å². The molecule has 0 amide bonds. The molecule has 0 saturated carbocycles. The third kappa shape index (κ3) is 19.5. The molecule has 37 heavy (non-hydrogen) atoms. The van der Waals surface area contributed by atoms with Crippen molar-refractivity contribution in [3.63, 3.8) is 0 Å². The molecule has 0 unspecified atom stereocenters. The highest BCUT2D eigenvalue weighted by Crippen LogP contribution is 2.11. The van der Waals surface area contributed by atoms with Gasteiger partial charge in [0.2, 0.25) is 0 Å². The van der Waals surface area contributed by atoms with Crippen LogP contribution in [-0.2, 0) is 38.0 Å². The van der Waals surface area contributed by atoms with Crippen LogP contribution in [0.15, 0.2) is 24.3 Å². The molecule has 212 valence electrons. The smallest absolute Gasteiger partial charge is 0.338 e. The highest BCUT2D eigenvalue weighted by atomic mass is 16.6.